The minimum Gasteiger partial charge on any atom is -0.463 e. The Balaban J connectivity index is 1.48. The first-order valence-corrected chi connectivity index (χ1v) is 14.5. The van der Waals surface area contributed by atoms with E-state index in [0.717, 1.165) is 23.1 Å². The summed E-state index contributed by atoms with van der Waals surface area (Å²) in [5.41, 5.74) is 3.48. The highest BCUT2D eigenvalue weighted by Crippen LogP contribution is 2.42. The van der Waals surface area contributed by atoms with Gasteiger partial charge in [0.15, 0.2) is 0 Å². The SMILES string of the molecule is CCCn1c2c(c(N3CCN(C(c4ccc(F)cc4)c4ccc(F)cc4)CC3)nc1=O)C(C)C(C(=O)OCC)=C(C)N2. The second kappa shape index (κ2) is 12.4. The van der Waals surface area contributed by atoms with E-state index in [2.05, 4.69) is 20.1 Å². The number of fused-ring (bicyclic) bond motifs is 1. The van der Waals surface area contributed by atoms with Gasteiger partial charge in [0.1, 0.15) is 23.3 Å². The summed E-state index contributed by atoms with van der Waals surface area (Å²) < 4.78 is 34.6. The van der Waals surface area contributed by atoms with Crippen LogP contribution in [0.5, 0.6) is 0 Å². The molecule has 10 heteroatoms. The zero-order valence-electron chi connectivity index (χ0n) is 24.5. The predicted molar refractivity (Wildman–Crippen MR) is 159 cm³/mol. The van der Waals surface area contributed by atoms with Crippen LogP contribution >= 0.6 is 0 Å². The first kappa shape index (κ1) is 29.4. The van der Waals surface area contributed by atoms with Crippen molar-refractivity contribution < 1.29 is 18.3 Å². The Bertz CT molecular complexity index is 1480. The van der Waals surface area contributed by atoms with Gasteiger partial charge in [0.05, 0.1) is 18.2 Å². The summed E-state index contributed by atoms with van der Waals surface area (Å²) in [7, 11) is 0. The van der Waals surface area contributed by atoms with Crippen molar-refractivity contribution in [2.45, 2.75) is 52.6 Å². The van der Waals surface area contributed by atoms with Gasteiger partial charge in [-0.05, 0) is 55.7 Å². The van der Waals surface area contributed by atoms with E-state index in [9.17, 15) is 18.4 Å². The maximum Gasteiger partial charge on any atom is 0.351 e. The number of hydrogen-bond donors (Lipinski definition) is 1. The fourth-order valence-electron chi connectivity index (χ4n) is 6.11. The Labute approximate surface area is 244 Å². The van der Waals surface area contributed by atoms with Crippen LogP contribution in [0.3, 0.4) is 0 Å². The van der Waals surface area contributed by atoms with Gasteiger partial charge in [0, 0.05) is 49.9 Å². The van der Waals surface area contributed by atoms with Gasteiger partial charge >= 0.3 is 11.7 Å². The number of halogens is 2. The highest BCUT2D eigenvalue weighted by molar-refractivity contribution is 5.94. The van der Waals surface area contributed by atoms with Crippen molar-refractivity contribution in [3.05, 3.63) is 98.6 Å². The molecule has 3 heterocycles. The Kier molecular flexibility index (Phi) is 8.72. The largest absolute Gasteiger partial charge is 0.463 e. The van der Waals surface area contributed by atoms with Crippen LogP contribution in [0.25, 0.3) is 0 Å². The molecule has 2 aromatic carbocycles. The Morgan fingerprint density at radius 3 is 2.10 bits per heavy atom. The van der Waals surface area contributed by atoms with Crippen LogP contribution in [0.4, 0.5) is 20.4 Å². The van der Waals surface area contributed by atoms with Crippen molar-refractivity contribution in [1.29, 1.82) is 0 Å². The molecule has 0 amide bonds. The number of esters is 1. The fraction of sp³-hybridized carbons (Fsp3) is 0.406. The van der Waals surface area contributed by atoms with Crippen LogP contribution in [0.1, 0.15) is 62.8 Å². The molecule has 0 spiro atoms. The number of nitrogens with one attached hydrogen (secondary N) is 1. The lowest BCUT2D eigenvalue weighted by molar-refractivity contribution is -0.138. The number of hydrogen-bond acceptors (Lipinski definition) is 7. The average Bonchev–Trinajstić information content (AvgIpc) is 2.97. The normalized spacial score (nSPS) is 17.3. The van der Waals surface area contributed by atoms with Gasteiger partial charge < -0.3 is 15.0 Å². The van der Waals surface area contributed by atoms with E-state index < -0.39 is 0 Å². The maximum atomic E-state index is 13.8. The number of allylic oxidation sites excluding steroid dienone is 1. The minimum atomic E-state index is -0.383. The lowest BCUT2D eigenvalue weighted by atomic mass is 9.88. The van der Waals surface area contributed by atoms with Crippen molar-refractivity contribution in [2.24, 2.45) is 0 Å². The van der Waals surface area contributed by atoms with Gasteiger partial charge in [0.25, 0.3) is 0 Å². The molecule has 1 fully saturated rings. The summed E-state index contributed by atoms with van der Waals surface area (Å²) in [5.74, 6) is -0.116. The second-order valence-corrected chi connectivity index (χ2v) is 10.8. The van der Waals surface area contributed by atoms with Crippen molar-refractivity contribution in [3.63, 3.8) is 0 Å². The molecule has 2 aliphatic rings. The van der Waals surface area contributed by atoms with Gasteiger partial charge in [-0.15, -0.1) is 0 Å². The summed E-state index contributed by atoms with van der Waals surface area (Å²) in [6.45, 7) is 10.7. The van der Waals surface area contributed by atoms with E-state index in [1.807, 2.05) is 20.8 Å². The first-order valence-electron chi connectivity index (χ1n) is 14.5. The van der Waals surface area contributed by atoms with E-state index in [1.54, 1.807) is 35.8 Å². The predicted octanol–water partition coefficient (Wildman–Crippen LogP) is 5.21. The molecule has 1 aromatic heterocycles. The van der Waals surface area contributed by atoms with E-state index in [4.69, 9.17) is 4.74 Å². The third kappa shape index (κ3) is 5.68. The summed E-state index contributed by atoms with van der Waals surface area (Å²) >= 11 is 0. The zero-order valence-corrected chi connectivity index (χ0v) is 24.5. The molecule has 0 bridgehead atoms. The maximum absolute atomic E-state index is 13.8. The Hall–Kier alpha value is -4.05. The quantitative estimate of drug-likeness (QED) is 0.368. The highest BCUT2D eigenvalue weighted by atomic mass is 19.1. The monoisotopic (exact) mass is 577 g/mol. The molecule has 5 rings (SSSR count). The van der Waals surface area contributed by atoms with Gasteiger partial charge in [0.2, 0.25) is 0 Å². The fourth-order valence-corrected chi connectivity index (χ4v) is 6.11. The lowest BCUT2D eigenvalue weighted by Gasteiger charge is -2.41. The standard InChI is InChI=1S/C32H37F2N5O3/c1-5-15-39-30-27(20(3)26(21(4)35-30)31(40)42-6-2)29(36-32(39)41)38-18-16-37(17-19-38)28(22-7-11-24(33)12-8-22)23-9-13-25(34)14-10-23/h7-14,20,28,35H,5-6,15-19H2,1-4H3. The van der Waals surface area contributed by atoms with Crippen molar-refractivity contribution in [2.75, 3.05) is 43.0 Å². The number of rotatable bonds is 8. The van der Waals surface area contributed by atoms with Gasteiger partial charge in [-0.3, -0.25) is 9.47 Å². The number of aromatic nitrogens is 2. The molecule has 0 saturated carbocycles. The number of piperazine rings is 1. The molecule has 1 unspecified atom stereocenters. The smallest absolute Gasteiger partial charge is 0.351 e. The summed E-state index contributed by atoms with van der Waals surface area (Å²) in [4.78, 5) is 35.2. The number of nitrogens with zero attached hydrogens (tertiary/aromatic N) is 4. The summed E-state index contributed by atoms with van der Waals surface area (Å²) in [6, 6.07) is 12.6. The number of anilines is 2. The summed E-state index contributed by atoms with van der Waals surface area (Å²) in [5, 5.41) is 3.34. The van der Waals surface area contributed by atoms with Crippen LogP contribution < -0.4 is 15.9 Å². The molecular formula is C32H37F2N5O3. The third-order valence-electron chi connectivity index (χ3n) is 8.07. The molecule has 42 heavy (non-hydrogen) atoms. The van der Waals surface area contributed by atoms with E-state index in [-0.39, 0.29) is 41.9 Å². The lowest BCUT2D eigenvalue weighted by Crippen LogP contribution is -2.49. The van der Waals surface area contributed by atoms with Gasteiger partial charge in [-0.1, -0.05) is 38.1 Å². The second-order valence-electron chi connectivity index (χ2n) is 10.8. The van der Waals surface area contributed by atoms with E-state index >= 15 is 0 Å². The number of ether oxygens (including phenoxy) is 1. The highest BCUT2D eigenvalue weighted by Gasteiger charge is 2.36. The van der Waals surface area contributed by atoms with Crippen LogP contribution in [0.2, 0.25) is 0 Å². The zero-order chi connectivity index (χ0) is 30.0. The van der Waals surface area contributed by atoms with Crippen molar-refractivity contribution in [1.82, 2.24) is 14.5 Å². The Morgan fingerprint density at radius 2 is 1.57 bits per heavy atom. The average molecular weight is 578 g/mol. The van der Waals surface area contributed by atoms with Crippen LogP contribution in [0.15, 0.2) is 64.6 Å². The first-order chi connectivity index (χ1) is 20.2. The molecular weight excluding hydrogens is 540 g/mol. The number of carbonyl (C=O) groups excluding carboxylic acids is 1. The molecule has 8 nitrogen and oxygen atoms in total. The molecule has 1 atom stereocenters. The topological polar surface area (TPSA) is 79.7 Å². The van der Waals surface area contributed by atoms with Crippen LogP contribution in [0, 0.1) is 11.6 Å². The molecule has 1 N–H and O–H groups in total. The van der Waals surface area contributed by atoms with Crippen molar-refractivity contribution >= 4 is 17.6 Å². The minimum absolute atomic E-state index is 0.200. The van der Waals surface area contributed by atoms with Crippen LogP contribution in [-0.4, -0.2) is 53.2 Å². The van der Waals surface area contributed by atoms with E-state index in [1.165, 1.54) is 24.3 Å². The molecule has 3 aromatic rings. The van der Waals surface area contributed by atoms with Crippen molar-refractivity contribution in [3.8, 4) is 0 Å². The number of benzene rings is 2. The summed E-state index contributed by atoms with van der Waals surface area (Å²) in [6.07, 6.45) is 0.754. The van der Waals surface area contributed by atoms with Gasteiger partial charge in [-0.25, -0.2) is 18.4 Å². The van der Waals surface area contributed by atoms with Crippen LogP contribution in [-0.2, 0) is 16.1 Å². The molecule has 2 aliphatic heterocycles. The molecule has 0 radical (unpaired) electrons. The molecule has 1 saturated heterocycles. The molecule has 0 aliphatic carbocycles. The van der Waals surface area contributed by atoms with Gasteiger partial charge in [-0.2, -0.15) is 4.98 Å². The Morgan fingerprint density at radius 1 is 1.00 bits per heavy atom. The third-order valence-corrected chi connectivity index (χ3v) is 8.07. The number of carbonyl (C=O) groups is 1. The molecule has 222 valence electrons. The van der Waals surface area contributed by atoms with E-state index in [0.29, 0.717) is 55.6 Å².